The highest BCUT2D eigenvalue weighted by atomic mass is 35.5. The summed E-state index contributed by atoms with van der Waals surface area (Å²) in [5.41, 5.74) is 2.15. The van der Waals surface area contributed by atoms with Crippen LogP contribution in [-0.2, 0) is 19.6 Å². The van der Waals surface area contributed by atoms with E-state index in [2.05, 4.69) is 4.72 Å². The van der Waals surface area contributed by atoms with Crippen LogP contribution in [0, 0.1) is 0 Å². The first-order chi connectivity index (χ1) is 15.7. The van der Waals surface area contributed by atoms with E-state index >= 15 is 0 Å². The fraction of sp³-hybridized carbons (Fsp3) is 0.130. The summed E-state index contributed by atoms with van der Waals surface area (Å²) in [4.78, 5) is 24.8. The van der Waals surface area contributed by atoms with Crippen LogP contribution in [0.15, 0.2) is 77.7 Å². The lowest BCUT2D eigenvalue weighted by Gasteiger charge is -2.22. The van der Waals surface area contributed by atoms with Crippen LogP contribution in [0.4, 0.5) is 4.79 Å². The third-order valence-electron chi connectivity index (χ3n) is 5.12. The van der Waals surface area contributed by atoms with Crippen LogP contribution in [0.3, 0.4) is 0 Å². The Morgan fingerprint density at radius 1 is 0.909 bits per heavy atom. The molecule has 0 saturated carbocycles. The summed E-state index contributed by atoms with van der Waals surface area (Å²) >= 11 is 12.0. The lowest BCUT2D eigenvalue weighted by molar-refractivity contribution is -0.126. The smallest absolute Gasteiger partial charge is 0.417 e. The first kappa shape index (κ1) is 23.3. The molecule has 1 N–H and O–H groups in total. The molecular weight excluding hydrogens is 487 g/mol. The molecule has 3 aromatic carbocycles. The van der Waals surface area contributed by atoms with Crippen molar-refractivity contribution in [1.29, 1.82) is 0 Å². The van der Waals surface area contributed by atoms with Crippen LogP contribution in [0.5, 0.6) is 0 Å². The number of hydrogen-bond donors (Lipinski definition) is 1. The largest absolute Gasteiger partial charge is 0.439 e. The first-order valence-corrected chi connectivity index (χ1v) is 12.1. The van der Waals surface area contributed by atoms with E-state index in [0.717, 1.165) is 16.0 Å². The third-order valence-corrected chi connectivity index (χ3v) is 7.35. The quantitative estimate of drug-likeness (QED) is 0.505. The molecule has 1 atom stereocenters. The Labute approximate surface area is 200 Å². The van der Waals surface area contributed by atoms with Crippen LogP contribution >= 0.6 is 23.2 Å². The maximum absolute atomic E-state index is 13.1. The Bertz CT molecular complexity index is 1280. The van der Waals surface area contributed by atoms with E-state index in [9.17, 15) is 18.0 Å². The molecule has 33 heavy (non-hydrogen) atoms. The van der Waals surface area contributed by atoms with Gasteiger partial charge >= 0.3 is 6.09 Å². The van der Waals surface area contributed by atoms with Gasteiger partial charge < -0.3 is 4.74 Å². The fourth-order valence-electron chi connectivity index (χ4n) is 3.39. The maximum atomic E-state index is 13.1. The Hall–Kier alpha value is -2.91. The molecule has 10 heteroatoms. The molecule has 0 radical (unpaired) electrons. The second-order valence-electron chi connectivity index (χ2n) is 7.30. The van der Waals surface area contributed by atoms with E-state index in [1.54, 1.807) is 60.7 Å². The number of cyclic esters (lactones) is 1. The van der Waals surface area contributed by atoms with Crippen molar-refractivity contribution in [2.75, 3.05) is 13.2 Å². The van der Waals surface area contributed by atoms with Gasteiger partial charge in [-0.15, -0.1) is 0 Å². The van der Waals surface area contributed by atoms with Gasteiger partial charge in [-0.1, -0.05) is 71.7 Å². The van der Waals surface area contributed by atoms with Crippen molar-refractivity contribution in [3.8, 4) is 11.1 Å². The maximum Gasteiger partial charge on any atom is 0.417 e. The number of carbonyl (C=O) groups is 2. The molecule has 1 saturated heterocycles. The van der Waals surface area contributed by atoms with Gasteiger partial charge in [-0.05, 0) is 41.0 Å². The standard InChI is InChI=1S/C23H18Cl2N2O5S/c24-19-11-8-17(12-20(19)25)15-6-9-18(10-7-15)33(30,31)26-21(16-4-2-1-3-5-16)13-27-22(28)14-32-23(27)29/h1-12,21,26H,13-14H2. The number of nitrogens with one attached hydrogen (secondary N) is 1. The molecule has 1 aliphatic rings. The third kappa shape index (κ3) is 5.20. The minimum absolute atomic E-state index is 0.0302. The molecule has 1 fully saturated rings. The van der Waals surface area contributed by atoms with Gasteiger partial charge in [0.15, 0.2) is 6.61 Å². The van der Waals surface area contributed by atoms with Crippen LogP contribution in [0.2, 0.25) is 10.0 Å². The Kier molecular flexibility index (Phi) is 6.71. The minimum atomic E-state index is -3.99. The van der Waals surface area contributed by atoms with E-state index in [-0.39, 0.29) is 18.0 Å². The van der Waals surface area contributed by atoms with Gasteiger partial charge in [-0.25, -0.2) is 22.8 Å². The van der Waals surface area contributed by atoms with Gasteiger partial charge in [0.1, 0.15) is 0 Å². The minimum Gasteiger partial charge on any atom is -0.439 e. The number of benzene rings is 3. The van der Waals surface area contributed by atoms with Crippen molar-refractivity contribution in [2.45, 2.75) is 10.9 Å². The number of rotatable bonds is 7. The van der Waals surface area contributed by atoms with Gasteiger partial charge in [0.25, 0.3) is 5.91 Å². The van der Waals surface area contributed by atoms with Crippen molar-refractivity contribution in [3.05, 3.63) is 88.4 Å². The fourth-order valence-corrected chi connectivity index (χ4v) is 4.91. The molecule has 0 aromatic heterocycles. The highest BCUT2D eigenvalue weighted by Crippen LogP contribution is 2.29. The van der Waals surface area contributed by atoms with Gasteiger partial charge in [0.05, 0.1) is 27.5 Å². The van der Waals surface area contributed by atoms with E-state index < -0.39 is 28.1 Å². The summed E-state index contributed by atoms with van der Waals surface area (Å²) in [7, 11) is -3.99. The molecule has 1 unspecified atom stereocenters. The molecular formula is C23H18Cl2N2O5S. The predicted octanol–water partition coefficient (Wildman–Crippen LogP) is 4.66. The van der Waals surface area contributed by atoms with E-state index in [4.69, 9.17) is 27.9 Å². The van der Waals surface area contributed by atoms with Crippen LogP contribution < -0.4 is 4.72 Å². The van der Waals surface area contributed by atoms with Crippen molar-refractivity contribution in [3.63, 3.8) is 0 Å². The topological polar surface area (TPSA) is 92.8 Å². The molecule has 7 nitrogen and oxygen atoms in total. The molecule has 170 valence electrons. The second kappa shape index (κ2) is 9.52. The highest BCUT2D eigenvalue weighted by Gasteiger charge is 2.34. The molecule has 2 amide bonds. The zero-order chi connectivity index (χ0) is 23.6. The molecule has 4 rings (SSSR count). The van der Waals surface area contributed by atoms with Gasteiger partial charge in [-0.3, -0.25) is 4.79 Å². The normalized spacial score (nSPS) is 14.9. The van der Waals surface area contributed by atoms with Crippen LogP contribution in [0.25, 0.3) is 11.1 Å². The summed E-state index contributed by atoms with van der Waals surface area (Å²) in [5.74, 6) is -0.522. The zero-order valence-corrected chi connectivity index (χ0v) is 19.4. The number of imide groups is 1. The second-order valence-corrected chi connectivity index (χ2v) is 9.83. The number of carbonyl (C=O) groups excluding carboxylic acids is 2. The number of halogens is 2. The van der Waals surface area contributed by atoms with E-state index in [0.29, 0.717) is 15.6 Å². The highest BCUT2D eigenvalue weighted by molar-refractivity contribution is 7.89. The summed E-state index contributed by atoms with van der Waals surface area (Å²) in [6.45, 7) is -0.550. The Morgan fingerprint density at radius 3 is 2.18 bits per heavy atom. The summed E-state index contributed by atoms with van der Waals surface area (Å²) in [6, 6.07) is 19.2. The number of hydrogen-bond acceptors (Lipinski definition) is 5. The Morgan fingerprint density at radius 2 is 1.58 bits per heavy atom. The number of ether oxygens (including phenoxy) is 1. The summed E-state index contributed by atoms with van der Waals surface area (Å²) < 4.78 is 33.6. The molecule has 1 heterocycles. The van der Waals surface area contributed by atoms with E-state index in [1.807, 2.05) is 0 Å². The van der Waals surface area contributed by atoms with Crippen molar-refractivity contribution in [1.82, 2.24) is 9.62 Å². The molecule has 0 aliphatic carbocycles. The Balaban J connectivity index is 1.59. The molecule has 3 aromatic rings. The lowest BCUT2D eigenvalue weighted by atomic mass is 10.1. The van der Waals surface area contributed by atoms with Crippen molar-refractivity contribution in [2.24, 2.45) is 0 Å². The van der Waals surface area contributed by atoms with Gasteiger partial charge in [0.2, 0.25) is 10.0 Å². The summed E-state index contributed by atoms with van der Waals surface area (Å²) in [5, 5.41) is 0.823. The lowest BCUT2D eigenvalue weighted by Crippen LogP contribution is -2.40. The molecule has 0 bridgehead atoms. The van der Waals surface area contributed by atoms with Gasteiger partial charge in [-0.2, -0.15) is 0 Å². The molecule has 1 aliphatic heterocycles. The summed E-state index contributed by atoms with van der Waals surface area (Å²) in [6.07, 6.45) is -0.800. The average molecular weight is 505 g/mol. The van der Waals surface area contributed by atoms with E-state index in [1.165, 1.54) is 12.1 Å². The van der Waals surface area contributed by atoms with Crippen molar-refractivity contribution >= 4 is 45.2 Å². The van der Waals surface area contributed by atoms with Gasteiger partial charge in [0, 0.05) is 0 Å². The number of amides is 2. The van der Waals surface area contributed by atoms with Crippen LogP contribution in [-0.4, -0.2) is 38.5 Å². The molecule has 0 spiro atoms. The van der Waals surface area contributed by atoms with Crippen LogP contribution in [0.1, 0.15) is 11.6 Å². The number of sulfonamides is 1. The zero-order valence-electron chi connectivity index (χ0n) is 17.1. The number of nitrogens with zero attached hydrogens (tertiary/aromatic N) is 1. The average Bonchev–Trinajstić information content (AvgIpc) is 3.13. The predicted molar refractivity (Wildman–Crippen MR) is 124 cm³/mol. The van der Waals surface area contributed by atoms with Crippen molar-refractivity contribution < 1.29 is 22.7 Å². The monoisotopic (exact) mass is 504 g/mol. The SMILES string of the molecule is O=C1COC(=O)N1CC(NS(=O)(=O)c1ccc(-c2ccc(Cl)c(Cl)c2)cc1)c1ccccc1. The first-order valence-electron chi connectivity index (χ1n) is 9.84.